The molecule has 0 amide bonds. The van der Waals surface area contributed by atoms with Gasteiger partial charge in [0.05, 0.1) is 12.7 Å². The molecule has 1 aliphatic heterocycles. The molecule has 1 fully saturated rings. The van der Waals surface area contributed by atoms with Gasteiger partial charge >= 0.3 is 12.1 Å². The number of hydrogen-bond donors (Lipinski definition) is 0. The normalized spacial score (nSPS) is 21.7. The van der Waals surface area contributed by atoms with Crippen molar-refractivity contribution in [3.05, 3.63) is 0 Å². The first-order valence-electron chi connectivity index (χ1n) is 4.85. The molecule has 3 nitrogen and oxygen atoms in total. The summed E-state index contributed by atoms with van der Waals surface area (Å²) in [5, 5.41) is 0. The molecule has 0 aromatic heterocycles. The van der Waals surface area contributed by atoms with Crippen molar-refractivity contribution in [2.24, 2.45) is 0 Å². The Morgan fingerprint density at radius 3 is 2.73 bits per heavy atom. The molecule has 1 saturated heterocycles. The molecule has 15 heavy (non-hydrogen) atoms. The molecule has 0 aliphatic carbocycles. The second-order valence-corrected chi connectivity index (χ2v) is 3.41. The minimum atomic E-state index is -4.89. The highest BCUT2D eigenvalue weighted by Gasteiger charge is 2.40. The minimum absolute atomic E-state index is 0.120. The molecular weight excluding hydrogens is 213 g/mol. The third-order valence-electron chi connectivity index (χ3n) is 2.16. The van der Waals surface area contributed by atoms with Crippen LogP contribution in [0, 0.1) is 0 Å². The van der Waals surface area contributed by atoms with Crippen LogP contribution in [0.15, 0.2) is 0 Å². The molecule has 1 atom stereocenters. The Balaban J connectivity index is 2.03. The highest BCUT2D eigenvalue weighted by atomic mass is 19.4. The van der Waals surface area contributed by atoms with Gasteiger partial charge in [0, 0.05) is 6.61 Å². The molecule has 88 valence electrons. The lowest BCUT2D eigenvalue weighted by atomic mass is 10.1. The number of esters is 1. The molecule has 0 saturated carbocycles. The van der Waals surface area contributed by atoms with Crippen LogP contribution in [0.25, 0.3) is 0 Å². The van der Waals surface area contributed by atoms with Gasteiger partial charge in [-0.05, 0) is 25.7 Å². The molecule has 1 heterocycles. The monoisotopic (exact) mass is 226 g/mol. The molecule has 0 aromatic carbocycles. The summed E-state index contributed by atoms with van der Waals surface area (Å²) >= 11 is 0. The predicted molar refractivity (Wildman–Crippen MR) is 45.2 cm³/mol. The van der Waals surface area contributed by atoms with E-state index < -0.39 is 12.1 Å². The zero-order valence-electron chi connectivity index (χ0n) is 8.18. The second-order valence-electron chi connectivity index (χ2n) is 3.41. The van der Waals surface area contributed by atoms with Crippen LogP contribution in [0.3, 0.4) is 0 Å². The largest absolute Gasteiger partial charge is 0.490 e. The van der Waals surface area contributed by atoms with Crippen LogP contribution in [0.2, 0.25) is 0 Å². The van der Waals surface area contributed by atoms with E-state index in [1.807, 2.05) is 0 Å². The zero-order chi connectivity index (χ0) is 11.3. The van der Waals surface area contributed by atoms with Crippen LogP contribution in [0.1, 0.15) is 25.7 Å². The molecule has 0 aromatic rings. The van der Waals surface area contributed by atoms with E-state index in [0.717, 1.165) is 12.8 Å². The standard InChI is InChI=1S/C9H13F3O3/c10-9(11,12)8(13)15-6-2-4-7-3-1-5-14-7/h7H,1-6H2. The fourth-order valence-corrected chi connectivity index (χ4v) is 1.43. The van der Waals surface area contributed by atoms with Gasteiger partial charge in [-0.1, -0.05) is 0 Å². The van der Waals surface area contributed by atoms with Crippen LogP contribution < -0.4 is 0 Å². The van der Waals surface area contributed by atoms with Crippen molar-refractivity contribution >= 4 is 5.97 Å². The fourth-order valence-electron chi connectivity index (χ4n) is 1.43. The number of ether oxygens (including phenoxy) is 2. The Bertz CT molecular complexity index is 209. The maximum absolute atomic E-state index is 11.7. The lowest BCUT2D eigenvalue weighted by molar-refractivity contribution is -0.199. The van der Waals surface area contributed by atoms with E-state index in [9.17, 15) is 18.0 Å². The molecule has 0 bridgehead atoms. The second kappa shape index (κ2) is 5.34. The number of carbonyl (C=O) groups excluding carboxylic acids is 1. The molecule has 1 unspecified atom stereocenters. The van der Waals surface area contributed by atoms with E-state index in [4.69, 9.17) is 4.74 Å². The molecule has 0 spiro atoms. The lowest BCUT2D eigenvalue weighted by Gasteiger charge is -2.10. The van der Waals surface area contributed by atoms with Crippen LogP contribution in [-0.2, 0) is 14.3 Å². The minimum Gasteiger partial charge on any atom is -0.459 e. The Morgan fingerprint density at radius 1 is 1.47 bits per heavy atom. The molecule has 0 N–H and O–H groups in total. The average molecular weight is 226 g/mol. The molecule has 0 radical (unpaired) electrons. The maximum Gasteiger partial charge on any atom is 0.490 e. The van der Waals surface area contributed by atoms with E-state index in [2.05, 4.69) is 4.74 Å². The summed E-state index contributed by atoms with van der Waals surface area (Å²) < 4.78 is 44.3. The first kappa shape index (κ1) is 12.3. The number of halogens is 3. The SMILES string of the molecule is O=C(OCCCC1CCCO1)C(F)(F)F. The van der Waals surface area contributed by atoms with Crippen molar-refractivity contribution < 1.29 is 27.4 Å². The smallest absolute Gasteiger partial charge is 0.459 e. The van der Waals surface area contributed by atoms with E-state index in [-0.39, 0.29) is 12.7 Å². The highest BCUT2D eigenvalue weighted by molar-refractivity contribution is 5.75. The number of alkyl halides is 3. The zero-order valence-corrected chi connectivity index (χ0v) is 8.18. The molecule has 6 heteroatoms. The summed E-state index contributed by atoms with van der Waals surface area (Å²) in [6.07, 6.45) is -1.78. The average Bonchev–Trinajstić information content (AvgIpc) is 2.63. The number of rotatable bonds is 4. The van der Waals surface area contributed by atoms with Gasteiger partial charge in [0.25, 0.3) is 0 Å². The van der Waals surface area contributed by atoms with Crippen LogP contribution >= 0.6 is 0 Å². The third kappa shape index (κ3) is 4.51. The van der Waals surface area contributed by atoms with Crippen molar-refractivity contribution in [2.75, 3.05) is 13.2 Å². The Labute approximate surface area is 85.5 Å². The van der Waals surface area contributed by atoms with Crippen LogP contribution in [0.5, 0.6) is 0 Å². The van der Waals surface area contributed by atoms with Crippen molar-refractivity contribution in [2.45, 2.75) is 38.0 Å². The first-order chi connectivity index (χ1) is 7.00. The molecular formula is C9H13F3O3. The van der Waals surface area contributed by atoms with Gasteiger partial charge < -0.3 is 9.47 Å². The van der Waals surface area contributed by atoms with Gasteiger partial charge in [-0.3, -0.25) is 0 Å². The summed E-state index contributed by atoms with van der Waals surface area (Å²) in [6.45, 7) is 0.519. The Hall–Kier alpha value is -0.780. The van der Waals surface area contributed by atoms with Gasteiger partial charge in [0.1, 0.15) is 0 Å². The summed E-state index contributed by atoms with van der Waals surface area (Å²) in [4.78, 5) is 10.3. The Morgan fingerprint density at radius 2 is 2.20 bits per heavy atom. The summed E-state index contributed by atoms with van der Waals surface area (Å²) in [5.74, 6) is -2.12. The fraction of sp³-hybridized carbons (Fsp3) is 0.889. The van der Waals surface area contributed by atoms with Crippen molar-refractivity contribution in [3.63, 3.8) is 0 Å². The van der Waals surface area contributed by atoms with Crippen LogP contribution in [-0.4, -0.2) is 31.5 Å². The van der Waals surface area contributed by atoms with Gasteiger partial charge in [0.2, 0.25) is 0 Å². The summed E-state index contributed by atoms with van der Waals surface area (Å²) in [7, 11) is 0. The number of hydrogen-bond acceptors (Lipinski definition) is 3. The van der Waals surface area contributed by atoms with Crippen molar-refractivity contribution in [1.82, 2.24) is 0 Å². The van der Waals surface area contributed by atoms with Crippen molar-refractivity contribution in [3.8, 4) is 0 Å². The van der Waals surface area contributed by atoms with Gasteiger partial charge in [0.15, 0.2) is 0 Å². The van der Waals surface area contributed by atoms with Gasteiger partial charge in [-0.2, -0.15) is 13.2 Å². The van der Waals surface area contributed by atoms with Crippen molar-refractivity contribution in [1.29, 1.82) is 0 Å². The first-order valence-corrected chi connectivity index (χ1v) is 4.85. The quantitative estimate of drug-likeness (QED) is 0.543. The third-order valence-corrected chi connectivity index (χ3v) is 2.16. The van der Waals surface area contributed by atoms with Gasteiger partial charge in [-0.15, -0.1) is 0 Å². The van der Waals surface area contributed by atoms with Gasteiger partial charge in [-0.25, -0.2) is 4.79 Å². The highest BCUT2D eigenvalue weighted by Crippen LogP contribution is 2.18. The maximum atomic E-state index is 11.7. The Kier molecular flexibility index (Phi) is 4.38. The molecule has 1 rings (SSSR count). The predicted octanol–water partition coefficient (Wildman–Crippen LogP) is 2.05. The summed E-state index contributed by atoms with van der Waals surface area (Å²) in [5.41, 5.74) is 0. The number of carbonyl (C=O) groups is 1. The van der Waals surface area contributed by atoms with E-state index >= 15 is 0 Å². The molecule has 1 aliphatic rings. The topological polar surface area (TPSA) is 35.5 Å². The van der Waals surface area contributed by atoms with E-state index in [1.54, 1.807) is 0 Å². The van der Waals surface area contributed by atoms with Crippen LogP contribution in [0.4, 0.5) is 13.2 Å². The van der Waals surface area contributed by atoms with E-state index in [0.29, 0.717) is 19.4 Å². The summed E-state index contributed by atoms with van der Waals surface area (Å²) in [6, 6.07) is 0. The van der Waals surface area contributed by atoms with E-state index in [1.165, 1.54) is 0 Å². The lowest BCUT2D eigenvalue weighted by Crippen LogP contribution is -2.25.